The molecule has 0 unspecified atom stereocenters. The normalized spacial score (nSPS) is 11.6. The molecule has 0 aliphatic carbocycles. The second kappa shape index (κ2) is 6.01. The molecule has 3 rings (SSSR count). The molecule has 0 spiro atoms. The second-order valence-electron chi connectivity index (χ2n) is 5.55. The lowest BCUT2D eigenvalue weighted by Crippen LogP contribution is -2.12. The lowest BCUT2D eigenvalue weighted by Gasteiger charge is -2.10. The molecule has 0 N–H and O–H groups in total. The first kappa shape index (κ1) is 15.5. The van der Waals surface area contributed by atoms with Crippen molar-refractivity contribution in [2.75, 3.05) is 0 Å². The van der Waals surface area contributed by atoms with E-state index in [0.29, 0.717) is 11.1 Å². The summed E-state index contributed by atoms with van der Waals surface area (Å²) in [7, 11) is -3.75. The number of para-hydroxylation sites is 1. The molecule has 0 saturated carbocycles. The molecule has 0 fully saturated rings. The van der Waals surface area contributed by atoms with Gasteiger partial charge in [-0.25, -0.2) is 4.98 Å². The Morgan fingerprint density at radius 1 is 1.00 bits per heavy atom. The fourth-order valence-electron chi connectivity index (χ4n) is 2.46. The zero-order valence-electron chi connectivity index (χ0n) is 13.0. The Morgan fingerprint density at radius 2 is 1.78 bits per heavy atom. The smallest absolute Gasteiger partial charge is 0.313 e. The van der Waals surface area contributed by atoms with Gasteiger partial charge in [0, 0.05) is 11.1 Å². The molecule has 0 radical (unpaired) electrons. The van der Waals surface area contributed by atoms with Crippen molar-refractivity contribution < 1.29 is 12.6 Å². The topological polar surface area (TPSA) is 56.3 Å². The first-order valence-corrected chi connectivity index (χ1v) is 8.85. The second-order valence-corrected chi connectivity index (χ2v) is 7.13. The Labute approximate surface area is 135 Å². The Bertz CT molecular complexity index is 965. The number of aromatic nitrogens is 1. The van der Waals surface area contributed by atoms with Crippen molar-refractivity contribution >= 4 is 21.0 Å². The number of fused-ring (bicyclic) bond motifs is 1. The van der Waals surface area contributed by atoms with E-state index in [4.69, 9.17) is 4.18 Å². The zero-order chi connectivity index (χ0) is 16.4. The summed E-state index contributed by atoms with van der Waals surface area (Å²) in [6.07, 6.45) is 0. The van der Waals surface area contributed by atoms with Gasteiger partial charge in [-0.2, -0.15) is 8.42 Å². The first-order chi connectivity index (χ1) is 10.9. The highest BCUT2D eigenvalue weighted by molar-refractivity contribution is 7.86. The van der Waals surface area contributed by atoms with Gasteiger partial charge in [-0.1, -0.05) is 48.0 Å². The van der Waals surface area contributed by atoms with Gasteiger partial charge in [0.2, 0.25) is 0 Å². The number of pyridine rings is 1. The molecule has 0 atom stereocenters. The minimum Gasteiger partial charge on any atom is -0.380 e. The molecule has 0 aliphatic heterocycles. The Balaban J connectivity index is 1.93. The third-order valence-electron chi connectivity index (χ3n) is 3.47. The van der Waals surface area contributed by atoms with Gasteiger partial charge >= 0.3 is 10.1 Å². The molecule has 118 valence electrons. The number of hydrogen-bond donors (Lipinski definition) is 0. The lowest BCUT2D eigenvalue weighted by atomic mass is 10.2. The van der Waals surface area contributed by atoms with Gasteiger partial charge in [0.05, 0.1) is 0 Å². The SMILES string of the molecule is Cc1cccc(CS(=O)(=O)Oc2cccc3ccc(C)nc23)c1. The maximum atomic E-state index is 12.4. The van der Waals surface area contributed by atoms with Gasteiger partial charge in [0.15, 0.2) is 5.75 Å². The van der Waals surface area contributed by atoms with Crippen LogP contribution < -0.4 is 4.18 Å². The predicted molar refractivity (Wildman–Crippen MR) is 90.9 cm³/mol. The molecular formula is C18H17NO3S. The summed E-state index contributed by atoms with van der Waals surface area (Å²) in [5, 5.41) is 0.846. The van der Waals surface area contributed by atoms with Crippen LogP contribution in [0.3, 0.4) is 0 Å². The quantitative estimate of drug-likeness (QED) is 0.685. The molecule has 4 nitrogen and oxygen atoms in total. The van der Waals surface area contributed by atoms with Gasteiger partial charge in [-0.3, -0.25) is 0 Å². The molecule has 0 amide bonds. The van der Waals surface area contributed by atoms with Crippen molar-refractivity contribution in [2.45, 2.75) is 19.6 Å². The van der Waals surface area contributed by atoms with Crippen LogP contribution in [0.1, 0.15) is 16.8 Å². The van der Waals surface area contributed by atoms with E-state index >= 15 is 0 Å². The maximum Gasteiger partial charge on any atom is 0.313 e. The fraction of sp³-hybridized carbons (Fsp3) is 0.167. The largest absolute Gasteiger partial charge is 0.380 e. The first-order valence-electron chi connectivity index (χ1n) is 7.27. The number of hydrogen-bond acceptors (Lipinski definition) is 4. The predicted octanol–water partition coefficient (Wildman–Crippen LogP) is 3.76. The Morgan fingerprint density at radius 3 is 2.57 bits per heavy atom. The minimum atomic E-state index is -3.75. The van der Waals surface area contributed by atoms with Crippen LogP contribution >= 0.6 is 0 Å². The van der Waals surface area contributed by atoms with Crippen LogP contribution in [0.15, 0.2) is 54.6 Å². The number of benzene rings is 2. The summed E-state index contributed by atoms with van der Waals surface area (Å²) in [5.41, 5.74) is 3.08. The van der Waals surface area contributed by atoms with Gasteiger partial charge in [-0.05, 0) is 31.5 Å². The number of aryl methyl sites for hydroxylation is 2. The number of rotatable bonds is 4. The van der Waals surface area contributed by atoms with Crippen LogP contribution in [0.5, 0.6) is 5.75 Å². The third-order valence-corrected chi connectivity index (χ3v) is 4.59. The zero-order valence-corrected chi connectivity index (χ0v) is 13.8. The Hall–Kier alpha value is -2.40. The van der Waals surface area contributed by atoms with Crippen molar-refractivity contribution in [1.82, 2.24) is 4.98 Å². The van der Waals surface area contributed by atoms with Gasteiger partial charge in [0.1, 0.15) is 11.3 Å². The van der Waals surface area contributed by atoms with Gasteiger partial charge < -0.3 is 4.18 Å². The van der Waals surface area contributed by atoms with E-state index in [1.54, 1.807) is 18.2 Å². The van der Waals surface area contributed by atoms with E-state index in [9.17, 15) is 8.42 Å². The van der Waals surface area contributed by atoms with Crippen molar-refractivity contribution in [3.63, 3.8) is 0 Å². The average Bonchev–Trinajstić information content (AvgIpc) is 2.47. The van der Waals surface area contributed by atoms with Crippen LogP contribution in [0, 0.1) is 13.8 Å². The van der Waals surface area contributed by atoms with E-state index in [0.717, 1.165) is 16.6 Å². The maximum absolute atomic E-state index is 12.4. The molecule has 2 aromatic carbocycles. The van der Waals surface area contributed by atoms with Crippen molar-refractivity contribution in [2.24, 2.45) is 0 Å². The fourth-order valence-corrected chi connectivity index (χ4v) is 3.51. The van der Waals surface area contributed by atoms with E-state index in [-0.39, 0.29) is 11.5 Å². The summed E-state index contributed by atoms with van der Waals surface area (Å²) in [6, 6.07) is 16.4. The molecule has 0 saturated heterocycles. The molecule has 1 aromatic heterocycles. The van der Waals surface area contributed by atoms with E-state index in [2.05, 4.69) is 4.98 Å². The van der Waals surface area contributed by atoms with Crippen LogP contribution in [0.25, 0.3) is 10.9 Å². The van der Waals surface area contributed by atoms with Crippen molar-refractivity contribution in [3.05, 3.63) is 71.4 Å². The summed E-state index contributed by atoms with van der Waals surface area (Å²) >= 11 is 0. The molecular weight excluding hydrogens is 310 g/mol. The standard InChI is InChI=1S/C18H17NO3S/c1-13-5-3-6-15(11-13)12-23(20,21)22-17-8-4-7-16-10-9-14(2)19-18(16)17/h3-11H,12H2,1-2H3. The molecule has 0 aliphatic rings. The van der Waals surface area contributed by atoms with E-state index in [1.165, 1.54) is 0 Å². The Kier molecular flexibility index (Phi) is 4.05. The molecule has 5 heteroatoms. The van der Waals surface area contributed by atoms with Crippen LogP contribution in [-0.2, 0) is 15.9 Å². The van der Waals surface area contributed by atoms with Crippen molar-refractivity contribution in [3.8, 4) is 5.75 Å². The van der Waals surface area contributed by atoms with Gasteiger partial charge in [-0.15, -0.1) is 0 Å². The monoisotopic (exact) mass is 327 g/mol. The molecule has 23 heavy (non-hydrogen) atoms. The average molecular weight is 327 g/mol. The van der Waals surface area contributed by atoms with Crippen LogP contribution in [0.4, 0.5) is 0 Å². The van der Waals surface area contributed by atoms with Crippen molar-refractivity contribution in [1.29, 1.82) is 0 Å². The van der Waals surface area contributed by atoms with Crippen LogP contribution in [0.2, 0.25) is 0 Å². The molecule has 1 heterocycles. The summed E-state index contributed by atoms with van der Waals surface area (Å²) in [6.45, 7) is 3.78. The lowest BCUT2D eigenvalue weighted by molar-refractivity contribution is 0.487. The highest BCUT2D eigenvalue weighted by atomic mass is 32.2. The summed E-state index contributed by atoms with van der Waals surface area (Å²) in [5.74, 6) is 0.0931. The highest BCUT2D eigenvalue weighted by Crippen LogP contribution is 2.26. The van der Waals surface area contributed by atoms with Gasteiger partial charge in [0.25, 0.3) is 0 Å². The molecule has 3 aromatic rings. The third kappa shape index (κ3) is 3.68. The summed E-state index contributed by atoms with van der Waals surface area (Å²) in [4.78, 5) is 4.39. The number of nitrogens with zero attached hydrogens (tertiary/aromatic N) is 1. The minimum absolute atomic E-state index is 0.170. The molecule has 0 bridgehead atoms. The highest BCUT2D eigenvalue weighted by Gasteiger charge is 2.16. The van der Waals surface area contributed by atoms with Crippen LogP contribution in [-0.4, -0.2) is 13.4 Å². The van der Waals surface area contributed by atoms with E-state index in [1.807, 2.05) is 50.2 Å². The summed E-state index contributed by atoms with van der Waals surface area (Å²) < 4.78 is 30.0. The van der Waals surface area contributed by atoms with E-state index < -0.39 is 10.1 Å².